The van der Waals surface area contributed by atoms with Gasteiger partial charge in [0.05, 0.1) is 23.9 Å². The summed E-state index contributed by atoms with van der Waals surface area (Å²) in [6.07, 6.45) is 1.73. The Labute approximate surface area is 173 Å². The van der Waals surface area contributed by atoms with Crippen LogP contribution in [0, 0.1) is 0 Å². The van der Waals surface area contributed by atoms with Gasteiger partial charge in [-0.05, 0) is 48.0 Å². The molecule has 1 N–H and O–H groups in total. The van der Waals surface area contributed by atoms with Crippen molar-refractivity contribution >= 4 is 29.4 Å². The van der Waals surface area contributed by atoms with Crippen LogP contribution < -0.4 is 9.75 Å². The van der Waals surface area contributed by atoms with Gasteiger partial charge < -0.3 is 9.84 Å². The van der Waals surface area contributed by atoms with Gasteiger partial charge in [-0.2, -0.15) is 10.1 Å². The van der Waals surface area contributed by atoms with E-state index in [0.717, 1.165) is 5.56 Å². The lowest BCUT2D eigenvalue weighted by Gasteiger charge is -2.12. The molecule has 0 radical (unpaired) electrons. The number of ether oxygens (including phenoxy) is 1. The van der Waals surface area contributed by atoms with Crippen LogP contribution in [0.25, 0.3) is 6.08 Å². The van der Waals surface area contributed by atoms with Crippen LogP contribution in [-0.4, -0.2) is 29.8 Å². The highest BCUT2D eigenvalue weighted by molar-refractivity contribution is 6.37. The fourth-order valence-electron chi connectivity index (χ4n) is 3.14. The summed E-state index contributed by atoms with van der Waals surface area (Å²) in [6, 6.07) is 22.9. The van der Waals surface area contributed by atoms with Crippen molar-refractivity contribution in [3.8, 4) is 5.75 Å². The topological polar surface area (TPSA) is 79.2 Å². The second-order valence-corrected chi connectivity index (χ2v) is 6.61. The molecule has 0 unspecified atom stereocenters. The maximum absolute atomic E-state index is 13.2. The first-order valence-corrected chi connectivity index (χ1v) is 9.25. The van der Waals surface area contributed by atoms with E-state index in [4.69, 9.17) is 9.84 Å². The van der Waals surface area contributed by atoms with E-state index in [2.05, 4.69) is 5.10 Å². The number of carbonyl (C=O) groups excluding carboxylic acids is 1. The van der Waals surface area contributed by atoms with Crippen molar-refractivity contribution < 1.29 is 19.4 Å². The van der Waals surface area contributed by atoms with E-state index in [1.54, 1.807) is 49.6 Å². The normalized spacial score (nSPS) is 14.7. The lowest BCUT2D eigenvalue weighted by atomic mass is 10.00. The zero-order valence-electron chi connectivity index (χ0n) is 16.1. The summed E-state index contributed by atoms with van der Waals surface area (Å²) >= 11 is 0. The Morgan fingerprint density at radius 1 is 0.967 bits per heavy atom. The van der Waals surface area contributed by atoms with E-state index in [9.17, 15) is 9.59 Å². The van der Waals surface area contributed by atoms with Crippen molar-refractivity contribution in [1.82, 2.24) is 0 Å². The Kier molecular flexibility index (Phi) is 5.13. The fourth-order valence-corrected chi connectivity index (χ4v) is 3.14. The molecule has 0 saturated heterocycles. The molecule has 6 nitrogen and oxygen atoms in total. The summed E-state index contributed by atoms with van der Waals surface area (Å²) in [6.45, 7) is 0. The van der Waals surface area contributed by atoms with Crippen LogP contribution in [0.5, 0.6) is 5.75 Å². The first-order chi connectivity index (χ1) is 14.6. The van der Waals surface area contributed by atoms with Crippen LogP contribution in [0.4, 0.5) is 5.69 Å². The molecule has 0 atom stereocenters. The third kappa shape index (κ3) is 3.71. The number of anilines is 1. The number of carboxylic acids is 1. The Balaban J connectivity index is 1.76. The van der Waals surface area contributed by atoms with Crippen molar-refractivity contribution in [2.24, 2.45) is 5.10 Å². The molecule has 3 aromatic carbocycles. The molecule has 148 valence electrons. The molecule has 6 heteroatoms. The Morgan fingerprint density at radius 2 is 1.63 bits per heavy atom. The first-order valence-electron chi connectivity index (χ1n) is 9.25. The van der Waals surface area contributed by atoms with Gasteiger partial charge in [0.2, 0.25) is 0 Å². The van der Waals surface area contributed by atoms with Gasteiger partial charge in [0.15, 0.2) is 0 Å². The molecule has 0 fully saturated rings. The van der Waals surface area contributed by atoms with Crippen molar-refractivity contribution in [3.05, 3.63) is 101 Å². The Bertz CT molecular complexity index is 1150. The van der Waals surface area contributed by atoms with Gasteiger partial charge in [-0.3, -0.25) is 4.79 Å². The van der Waals surface area contributed by atoms with Crippen LogP contribution >= 0.6 is 0 Å². The van der Waals surface area contributed by atoms with Crippen LogP contribution in [0.15, 0.2) is 89.5 Å². The van der Waals surface area contributed by atoms with Crippen molar-refractivity contribution in [2.45, 2.75) is 0 Å². The number of benzene rings is 3. The summed E-state index contributed by atoms with van der Waals surface area (Å²) in [5.41, 5.74) is 3.32. The number of carbonyl (C=O) groups is 2. The highest BCUT2D eigenvalue weighted by atomic mass is 16.5. The Hall–Kier alpha value is -4.19. The molecule has 1 heterocycles. The predicted octanol–water partition coefficient (Wildman–Crippen LogP) is 4.23. The molecule has 1 aliphatic rings. The third-order valence-corrected chi connectivity index (χ3v) is 4.71. The number of hydrogen-bond donors (Lipinski definition) is 1. The van der Waals surface area contributed by atoms with E-state index < -0.39 is 5.97 Å². The Morgan fingerprint density at radius 3 is 2.23 bits per heavy atom. The molecule has 0 aromatic heterocycles. The quantitative estimate of drug-likeness (QED) is 0.653. The molecule has 30 heavy (non-hydrogen) atoms. The molecular formula is C24H18N2O4. The minimum atomic E-state index is -0.997. The molecule has 0 bridgehead atoms. The summed E-state index contributed by atoms with van der Waals surface area (Å²) in [4.78, 5) is 24.3. The number of nitrogens with zero attached hydrogens (tertiary/aromatic N) is 2. The van der Waals surface area contributed by atoms with E-state index in [1.165, 1.54) is 17.1 Å². The zero-order valence-corrected chi connectivity index (χ0v) is 16.1. The standard InChI is InChI=1S/C24H18N2O4/c1-30-20-13-11-19(12-14-20)26-23(27)21(22(25-26)17-5-3-2-4-6-17)15-16-7-9-18(10-8-16)24(28)29/h2-15H,1H3,(H,28,29)/b21-15-. The second-order valence-electron chi connectivity index (χ2n) is 6.61. The molecule has 1 amide bonds. The van der Waals surface area contributed by atoms with Gasteiger partial charge in [-0.25, -0.2) is 4.79 Å². The van der Waals surface area contributed by atoms with Crippen LogP contribution in [0.1, 0.15) is 21.5 Å². The largest absolute Gasteiger partial charge is 0.497 e. The van der Waals surface area contributed by atoms with Gasteiger partial charge in [-0.1, -0.05) is 42.5 Å². The van der Waals surface area contributed by atoms with E-state index >= 15 is 0 Å². The summed E-state index contributed by atoms with van der Waals surface area (Å²) in [5.74, 6) is -0.573. The molecule has 0 saturated carbocycles. The second kappa shape index (κ2) is 8.05. The van der Waals surface area contributed by atoms with E-state index in [0.29, 0.717) is 28.3 Å². The minimum Gasteiger partial charge on any atom is -0.497 e. The number of hydrazone groups is 1. The highest BCUT2D eigenvalue weighted by Crippen LogP contribution is 2.29. The van der Waals surface area contributed by atoms with E-state index in [-0.39, 0.29) is 11.5 Å². The number of amides is 1. The SMILES string of the molecule is COc1ccc(N2N=C(c3ccccc3)/C(=C/c3ccc(C(=O)O)cc3)C2=O)cc1. The molecule has 3 aromatic rings. The van der Waals surface area contributed by atoms with Gasteiger partial charge >= 0.3 is 5.97 Å². The maximum atomic E-state index is 13.2. The van der Waals surface area contributed by atoms with Crippen molar-refractivity contribution in [1.29, 1.82) is 0 Å². The van der Waals surface area contributed by atoms with Crippen molar-refractivity contribution in [2.75, 3.05) is 12.1 Å². The van der Waals surface area contributed by atoms with E-state index in [1.807, 2.05) is 30.3 Å². The third-order valence-electron chi connectivity index (χ3n) is 4.71. The van der Waals surface area contributed by atoms with Crippen LogP contribution in [0.3, 0.4) is 0 Å². The molecule has 4 rings (SSSR count). The lowest BCUT2D eigenvalue weighted by molar-refractivity contribution is -0.114. The van der Waals surface area contributed by atoms with Gasteiger partial charge in [0.1, 0.15) is 11.5 Å². The molecule has 1 aliphatic heterocycles. The number of methoxy groups -OCH3 is 1. The average Bonchev–Trinajstić information content (AvgIpc) is 3.11. The number of aromatic carboxylic acids is 1. The first kappa shape index (κ1) is 19.1. The molecular weight excluding hydrogens is 380 g/mol. The molecule has 0 spiro atoms. The minimum absolute atomic E-state index is 0.187. The van der Waals surface area contributed by atoms with Crippen LogP contribution in [-0.2, 0) is 4.79 Å². The van der Waals surface area contributed by atoms with Gasteiger partial charge in [-0.15, -0.1) is 0 Å². The number of rotatable bonds is 5. The monoisotopic (exact) mass is 398 g/mol. The number of carboxylic acid groups (broad SMARTS) is 1. The predicted molar refractivity (Wildman–Crippen MR) is 115 cm³/mol. The lowest BCUT2D eigenvalue weighted by Crippen LogP contribution is -2.21. The summed E-state index contributed by atoms with van der Waals surface area (Å²) in [7, 11) is 1.58. The zero-order chi connectivity index (χ0) is 21.1. The fraction of sp³-hybridized carbons (Fsp3) is 0.0417. The van der Waals surface area contributed by atoms with Crippen molar-refractivity contribution in [3.63, 3.8) is 0 Å². The maximum Gasteiger partial charge on any atom is 0.335 e. The highest BCUT2D eigenvalue weighted by Gasteiger charge is 2.32. The van der Waals surface area contributed by atoms with Crippen LogP contribution in [0.2, 0.25) is 0 Å². The van der Waals surface area contributed by atoms with Gasteiger partial charge in [0, 0.05) is 5.56 Å². The van der Waals surface area contributed by atoms with Gasteiger partial charge in [0.25, 0.3) is 5.91 Å². The summed E-state index contributed by atoms with van der Waals surface area (Å²) < 4.78 is 5.18. The molecule has 0 aliphatic carbocycles. The smallest absolute Gasteiger partial charge is 0.335 e. The average molecular weight is 398 g/mol. The number of hydrogen-bond acceptors (Lipinski definition) is 4. The summed E-state index contributed by atoms with van der Waals surface area (Å²) in [5, 5.41) is 15.0.